The van der Waals surface area contributed by atoms with Crippen LogP contribution in [0.3, 0.4) is 0 Å². The minimum absolute atomic E-state index is 0.0691. The third kappa shape index (κ3) is 3.07. The molecule has 1 amide bonds. The molecule has 6 heteroatoms. The molecular formula is C17H20N2O2S2. The molecule has 0 radical (unpaired) electrons. The molecule has 0 spiro atoms. The quantitative estimate of drug-likeness (QED) is 0.915. The molecule has 0 aliphatic carbocycles. The number of thiophene rings is 1. The van der Waals surface area contributed by atoms with Crippen LogP contribution in [0.1, 0.15) is 29.4 Å². The van der Waals surface area contributed by atoms with Crippen molar-refractivity contribution in [3.05, 3.63) is 35.6 Å². The van der Waals surface area contributed by atoms with Crippen molar-refractivity contribution in [3.63, 3.8) is 0 Å². The molecule has 3 aliphatic rings. The van der Waals surface area contributed by atoms with Gasteiger partial charge in [0.05, 0.1) is 20.2 Å². The van der Waals surface area contributed by atoms with Gasteiger partial charge < -0.3 is 9.73 Å². The van der Waals surface area contributed by atoms with Gasteiger partial charge in [-0.05, 0) is 57.0 Å². The Kier molecular flexibility index (Phi) is 4.22. The summed E-state index contributed by atoms with van der Waals surface area (Å²) in [6.45, 7) is 4.61. The average Bonchev–Trinajstić information content (AvgIpc) is 3.23. The van der Waals surface area contributed by atoms with Gasteiger partial charge in [0.25, 0.3) is 5.91 Å². The van der Waals surface area contributed by atoms with Gasteiger partial charge in [0, 0.05) is 12.1 Å². The molecule has 2 aromatic rings. The van der Waals surface area contributed by atoms with Crippen LogP contribution >= 0.6 is 23.1 Å². The molecule has 3 fully saturated rings. The van der Waals surface area contributed by atoms with Crippen LogP contribution in [0, 0.1) is 5.92 Å². The minimum atomic E-state index is 0.0691. The Morgan fingerprint density at radius 2 is 2.17 bits per heavy atom. The van der Waals surface area contributed by atoms with E-state index in [4.69, 9.17) is 4.42 Å². The van der Waals surface area contributed by atoms with Crippen LogP contribution in [0.2, 0.25) is 0 Å². The third-order valence-corrected chi connectivity index (χ3v) is 7.18. The van der Waals surface area contributed by atoms with E-state index in [0.29, 0.717) is 12.0 Å². The summed E-state index contributed by atoms with van der Waals surface area (Å²) in [4.78, 5) is 17.0. The molecule has 0 saturated carbocycles. The van der Waals surface area contributed by atoms with Crippen LogP contribution < -0.4 is 5.32 Å². The molecule has 5 rings (SSSR count). The second-order valence-electron chi connectivity index (χ2n) is 6.29. The highest BCUT2D eigenvalue weighted by Gasteiger charge is 2.40. The fourth-order valence-corrected chi connectivity index (χ4v) is 5.65. The van der Waals surface area contributed by atoms with E-state index in [0.717, 1.165) is 14.0 Å². The highest BCUT2D eigenvalue weighted by atomic mass is 32.2. The summed E-state index contributed by atoms with van der Waals surface area (Å²) in [6.07, 6.45) is 5.81. The van der Waals surface area contributed by atoms with Crippen molar-refractivity contribution < 1.29 is 9.21 Å². The molecule has 2 unspecified atom stereocenters. The van der Waals surface area contributed by atoms with Crippen LogP contribution in [0.25, 0.3) is 0 Å². The Hall–Kier alpha value is -1.24. The van der Waals surface area contributed by atoms with Crippen molar-refractivity contribution in [1.29, 1.82) is 0 Å². The topological polar surface area (TPSA) is 45.5 Å². The van der Waals surface area contributed by atoms with Crippen molar-refractivity contribution in [2.24, 2.45) is 5.92 Å². The molecule has 5 heterocycles. The summed E-state index contributed by atoms with van der Waals surface area (Å²) in [7, 11) is 0. The lowest BCUT2D eigenvalue weighted by atomic mass is 9.79. The van der Waals surface area contributed by atoms with E-state index in [1.807, 2.05) is 18.2 Å². The summed E-state index contributed by atoms with van der Waals surface area (Å²) in [6, 6.07) is 6.60. The molecule has 2 bridgehead atoms. The second-order valence-corrected chi connectivity index (χ2v) is 8.75. The zero-order valence-electron chi connectivity index (χ0n) is 13.0. The van der Waals surface area contributed by atoms with E-state index in [2.05, 4.69) is 17.1 Å². The standard InChI is InChI=1S/C17H20N2O2S2/c1-11-16(12-4-7-19(11)8-5-12)18-17(20)14-2-3-15(23-14)22-13-6-9-21-10-13/h2-3,6,9-12,16H,4-5,7-8H2,1H3,(H,18,20). The average molecular weight is 348 g/mol. The van der Waals surface area contributed by atoms with E-state index < -0.39 is 0 Å². The van der Waals surface area contributed by atoms with Crippen molar-refractivity contribution in [3.8, 4) is 0 Å². The number of hydrogen-bond donors (Lipinski definition) is 1. The molecule has 2 atom stereocenters. The van der Waals surface area contributed by atoms with Crippen LogP contribution in [0.4, 0.5) is 0 Å². The van der Waals surface area contributed by atoms with Crippen LogP contribution in [-0.2, 0) is 0 Å². The lowest BCUT2D eigenvalue weighted by Gasteiger charge is -2.49. The number of nitrogens with zero attached hydrogens (tertiary/aromatic N) is 1. The fraction of sp³-hybridized carbons (Fsp3) is 0.471. The zero-order chi connectivity index (χ0) is 15.8. The van der Waals surface area contributed by atoms with Gasteiger partial charge in [-0.2, -0.15) is 0 Å². The highest BCUT2D eigenvalue weighted by molar-refractivity contribution is 8.01. The van der Waals surface area contributed by atoms with E-state index in [1.54, 1.807) is 35.6 Å². The third-order valence-electron chi connectivity index (χ3n) is 4.99. The maximum absolute atomic E-state index is 12.6. The summed E-state index contributed by atoms with van der Waals surface area (Å²) in [5, 5.41) is 3.29. The van der Waals surface area contributed by atoms with Gasteiger partial charge >= 0.3 is 0 Å². The molecule has 23 heavy (non-hydrogen) atoms. The number of nitrogens with one attached hydrogen (secondary N) is 1. The van der Waals surface area contributed by atoms with E-state index >= 15 is 0 Å². The Labute approximate surface area is 144 Å². The largest absolute Gasteiger partial charge is 0.471 e. The minimum Gasteiger partial charge on any atom is -0.471 e. The lowest BCUT2D eigenvalue weighted by molar-refractivity contribution is 0.0218. The fourth-order valence-electron chi connectivity index (χ4n) is 3.69. The van der Waals surface area contributed by atoms with Gasteiger partial charge in [0.15, 0.2) is 0 Å². The highest BCUT2D eigenvalue weighted by Crippen LogP contribution is 2.35. The summed E-state index contributed by atoms with van der Waals surface area (Å²) < 4.78 is 6.19. The van der Waals surface area contributed by atoms with Gasteiger partial charge in [-0.25, -0.2) is 0 Å². The summed E-state index contributed by atoms with van der Waals surface area (Å²) in [5.41, 5.74) is 0. The maximum Gasteiger partial charge on any atom is 0.261 e. The van der Waals surface area contributed by atoms with Gasteiger partial charge in [-0.1, -0.05) is 11.8 Å². The number of carbonyl (C=O) groups excluding carboxylic acids is 1. The van der Waals surface area contributed by atoms with Crippen LogP contribution in [0.5, 0.6) is 0 Å². The van der Waals surface area contributed by atoms with Gasteiger partial charge in [-0.3, -0.25) is 9.69 Å². The number of furan rings is 1. The molecular weight excluding hydrogens is 328 g/mol. The Bertz CT molecular complexity index is 673. The second kappa shape index (κ2) is 6.34. The Morgan fingerprint density at radius 1 is 1.35 bits per heavy atom. The van der Waals surface area contributed by atoms with Gasteiger partial charge in [-0.15, -0.1) is 11.3 Å². The number of amides is 1. The lowest BCUT2D eigenvalue weighted by Crippen LogP contribution is -2.62. The predicted octanol–water partition coefficient (Wildman–Crippen LogP) is 3.70. The van der Waals surface area contributed by atoms with Crippen LogP contribution in [-0.4, -0.2) is 36.0 Å². The maximum atomic E-state index is 12.6. The van der Waals surface area contributed by atoms with Gasteiger partial charge in [0.2, 0.25) is 0 Å². The van der Waals surface area contributed by atoms with Crippen LogP contribution in [0.15, 0.2) is 44.2 Å². The number of piperidine rings is 3. The Morgan fingerprint density at radius 3 is 2.87 bits per heavy atom. The summed E-state index contributed by atoms with van der Waals surface area (Å²) in [5.74, 6) is 0.707. The van der Waals surface area contributed by atoms with Crippen molar-refractivity contribution in [2.45, 2.75) is 41.0 Å². The monoisotopic (exact) mass is 348 g/mol. The molecule has 0 aromatic carbocycles. The number of rotatable bonds is 4. The molecule has 3 aliphatic heterocycles. The molecule has 3 saturated heterocycles. The first kappa shape index (κ1) is 15.3. The number of fused-ring (bicyclic) bond motifs is 3. The van der Waals surface area contributed by atoms with Crippen molar-refractivity contribution >= 4 is 29.0 Å². The first-order valence-corrected chi connectivity index (χ1v) is 9.69. The first-order valence-electron chi connectivity index (χ1n) is 8.05. The molecule has 4 nitrogen and oxygen atoms in total. The molecule has 122 valence electrons. The number of hydrogen-bond acceptors (Lipinski definition) is 5. The number of carbonyl (C=O) groups is 1. The van der Waals surface area contributed by atoms with E-state index in [9.17, 15) is 4.79 Å². The summed E-state index contributed by atoms with van der Waals surface area (Å²) >= 11 is 3.17. The SMILES string of the molecule is CC1C(NC(=O)c2ccc(Sc3ccoc3)s2)C2CCN1CC2. The van der Waals surface area contributed by atoms with Gasteiger partial charge in [0.1, 0.15) is 6.26 Å². The molecule has 1 N–H and O–H groups in total. The Balaban J connectivity index is 1.42. The normalized spacial score (nSPS) is 29.6. The van der Waals surface area contributed by atoms with Crippen molar-refractivity contribution in [1.82, 2.24) is 10.2 Å². The predicted molar refractivity (Wildman–Crippen MR) is 92.2 cm³/mol. The van der Waals surface area contributed by atoms with Crippen molar-refractivity contribution in [2.75, 3.05) is 13.1 Å². The van der Waals surface area contributed by atoms with E-state index in [-0.39, 0.29) is 11.9 Å². The smallest absolute Gasteiger partial charge is 0.261 e. The molecule has 2 aromatic heterocycles. The van der Waals surface area contributed by atoms with E-state index in [1.165, 1.54) is 25.9 Å². The zero-order valence-corrected chi connectivity index (χ0v) is 14.7. The first-order chi connectivity index (χ1) is 11.2.